The number of rotatable bonds is 10. The first kappa shape index (κ1) is 23.8. The van der Waals surface area contributed by atoms with Gasteiger partial charge in [-0.15, -0.1) is 0 Å². The van der Waals surface area contributed by atoms with Crippen molar-refractivity contribution in [2.45, 2.75) is 13.0 Å². The summed E-state index contributed by atoms with van der Waals surface area (Å²) in [6.07, 6.45) is 0.324. The molecule has 4 N–H and O–H groups in total. The van der Waals surface area contributed by atoms with Gasteiger partial charge >= 0.3 is 0 Å². The average Bonchev–Trinajstić information content (AvgIpc) is 3.14. The van der Waals surface area contributed by atoms with Gasteiger partial charge < -0.3 is 20.1 Å². The van der Waals surface area contributed by atoms with Crippen molar-refractivity contribution in [2.75, 3.05) is 30.7 Å². The van der Waals surface area contributed by atoms with E-state index in [-0.39, 0.29) is 0 Å². The van der Waals surface area contributed by atoms with Crippen LogP contribution >= 0.6 is 0 Å². The SMILES string of the molecule is Cc1c(-c2ccccc2)[nH]c2cc(OCCNCC(O)c3cccc(NS(C)(=O)=O)c3)ccc12. The Balaban J connectivity index is 1.29. The van der Waals surface area contributed by atoms with Crippen LogP contribution < -0.4 is 14.8 Å². The Morgan fingerprint density at radius 1 is 1.03 bits per heavy atom. The molecule has 0 saturated carbocycles. The van der Waals surface area contributed by atoms with E-state index >= 15 is 0 Å². The van der Waals surface area contributed by atoms with E-state index in [0.717, 1.165) is 28.8 Å². The molecular formula is C26H29N3O4S. The second kappa shape index (κ2) is 10.3. The Hall–Kier alpha value is -3.33. The number of anilines is 1. The fraction of sp³-hybridized carbons (Fsp3) is 0.231. The number of aliphatic hydroxyl groups is 1. The van der Waals surface area contributed by atoms with Crippen molar-refractivity contribution in [1.82, 2.24) is 10.3 Å². The van der Waals surface area contributed by atoms with Gasteiger partial charge in [-0.05, 0) is 47.9 Å². The highest BCUT2D eigenvalue weighted by Crippen LogP contribution is 2.31. The molecule has 0 amide bonds. The predicted octanol–water partition coefficient (Wildman–Crippen LogP) is 4.22. The average molecular weight is 480 g/mol. The second-order valence-corrected chi connectivity index (χ2v) is 10.0. The van der Waals surface area contributed by atoms with Gasteiger partial charge in [0.1, 0.15) is 12.4 Å². The number of aryl methyl sites for hydroxylation is 1. The van der Waals surface area contributed by atoms with Gasteiger partial charge in [0.15, 0.2) is 0 Å². The number of fused-ring (bicyclic) bond motifs is 1. The summed E-state index contributed by atoms with van der Waals surface area (Å²) in [5.74, 6) is 0.773. The molecule has 0 saturated heterocycles. The first-order valence-corrected chi connectivity index (χ1v) is 13.0. The molecule has 0 fully saturated rings. The predicted molar refractivity (Wildman–Crippen MR) is 137 cm³/mol. The summed E-state index contributed by atoms with van der Waals surface area (Å²) in [4.78, 5) is 3.50. The van der Waals surface area contributed by atoms with Crippen molar-refractivity contribution in [3.05, 3.63) is 83.9 Å². The third kappa shape index (κ3) is 5.96. The monoisotopic (exact) mass is 479 g/mol. The number of hydrogen-bond acceptors (Lipinski definition) is 5. The van der Waals surface area contributed by atoms with Crippen molar-refractivity contribution in [2.24, 2.45) is 0 Å². The Bertz CT molecular complexity index is 1370. The molecule has 4 aromatic rings. The minimum atomic E-state index is -3.37. The van der Waals surface area contributed by atoms with Crippen LogP contribution in [0, 0.1) is 6.92 Å². The molecule has 0 aliphatic rings. The highest BCUT2D eigenvalue weighted by molar-refractivity contribution is 7.92. The summed E-state index contributed by atoms with van der Waals surface area (Å²) in [7, 11) is -3.37. The fourth-order valence-electron chi connectivity index (χ4n) is 3.92. The van der Waals surface area contributed by atoms with E-state index in [1.165, 1.54) is 10.9 Å². The van der Waals surface area contributed by atoms with Gasteiger partial charge in [0.25, 0.3) is 0 Å². The van der Waals surface area contributed by atoms with Gasteiger partial charge in [-0.3, -0.25) is 4.72 Å². The standard InChI is InChI=1S/C26H29N3O4S/c1-18-23-12-11-22(16-24(23)28-26(18)19-7-4-3-5-8-19)33-14-13-27-17-25(30)20-9-6-10-21(15-20)29-34(2,31)32/h3-12,15-16,25,27-30H,13-14,17H2,1-2H3. The van der Waals surface area contributed by atoms with Gasteiger partial charge in [0.2, 0.25) is 10.0 Å². The maximum absolute atomic E-state index is 11.4. The number of hydrogen-bond donors (Lipinski definition) is 4. The molecule has 1 aromatic heterocycles. The van der Waals surface area contributed by atoms with E-state index in [4.69, 9.17) is 4.74 Å². The third-order valence-corrected chi connectivity index (χ3v) is 6.16. The van der Waals surface area contributed by atoms with Gasteiger partial charge in [-0.25, -0.2) is 8.42 Å². The molecular weight excluding hydrogens is 450 g/mol. The minimum absolute atomic E-state index is 0.320. The molecule has 0 aliphatic heterocycles. The van der Waals surface area contributed by atoms with Gasteiger partial charge in [0, 0.05) is 41.4 Å². The quantitative estimate of drug-likeness (QED) is 0.255. The summed E-state index contributed by atoms with van der Waals surface area (Å²) >= 11 is 0. The van der Waals surface area contributed by atoms with Crippen LogP contribution in [0.3, 0.4) is 0 Å². The molecule has 1 unspecified atom stereocenters. The number of ether oxygens (including phenoxy) is 1. The van der Waals surface area contributed by atoms with Crippen LogP contribution in [0.2, 0.25) is 0 Å². The number of nitrogens with one attached hydrogen (secondary N) is 3. The first-order valence-electron chi connectivity index (χ1n) is 11.1. The maximum atomic E-state index is 11.4. The summed E-state index contributed by atoms with van der Waals surface area (Å²) in [6.45, 7) is 3.43. The summed E-state index contributed by atoms with van der Waals surface area (Å²) in [5.41, 5.74) is 5.55. The van der Waals surface area contributed by atoms with Crippen LogP contribution in [0.4, 0.5) is 5.69 Å². The first-order chi connectivity index (χ1) is 16.3. The van der Waals surface area contributed by atoms with E-state index in [1.807, 2.05) is 30.3 Å². The molecule has 34 heavy (non-hydrogen) atoms. The van der Waals surface area contributed by atoms with Crippen LogP contribution in [0.5, 0.6) is 5.75 Å². The third-order valence-electron chi connectivity index (χ3n) is 5.55. The topological polar surface area (TPSA) is 103 Å². The van der Waals surface area contributed by atoms with Crippen molar-refractivity contribution in [1.29, 1.82) is 0 Å². The number of H-pyrrole nitrogens is 1. The lowest BCUT2D eigenvalue weighted by atomic mass is 10.1. The number of aliphatic hydroxyl groups excluding tert-OH is 1. The molecule has 3 aromatic carbocycles. The zero-order valence-electron chi connectivity index (χ0n) is 19.2. The Morgan fingerprint density at radius 3 is 2.59 bits per heavy atom. The van der Waals surface area contributed by atoms with Crippen LogP contribution in [-0.4, -0.2) is 44.5 Å². The molecule has 0 aliphatic carbocycles. The van der Waals surface area contributed by atoms with Crippen LogP contribution in [0.1, 0.15) is 17.2 Å². The second-order valence-electron chi connectivity index (χ2n) is 8.27. The van der Waals surface area contributed by atoms with Crippen LogP contribution in [0.25, 0.3) is 22.2 Å². The van der Waals surface area contributed by atoms with E-state index in [0.29, 0.717) is 30.9 Å². The molecule has 1 atom stereocenters. The molecule has 178 valence electrons. The van der Waals surface area contributed by atoms with E-state index in [2.05, 4.69) is 40.1 Å². The van der Waals surface area contributed by atoms with E-state index in [1.54, 1.807) is 24.3 Å². The van der Waals surface area contributed by atoms with Crippen molar-refractivity contribution < 1.29 is 18.3 Å². The molecule has 0 radical (unpaired) electrons. The number of aromatic amines is 1. The zero-order valence-corrected chi connectivity index (χ0v) is 20.0. The highest BCUT2D eigenvalue weighted by atomic mass is 32.2. The molecule has 0 bridgehead atoms. The smallest absolute Gasteiger partial charge is 0.229 e. The van der Waals surface area contributed by atoms with Crippen molar-refractivity contribution in [3.63, 3.8) is 0 Å². The lowest BCUT2D eigenvalue weighted by molar-refractivity contribution is 0.172. The lowest BCUT2D eigenvalue weighted by Crippen LogP contribution is -2.26. The molecule has 4 rings (SSSR count). The number of sulfonamides is 1. The molecule has 8 heteroatoms. The number of benzene rings is 3. The van der Waals surface area contributed by atoms with Gasteiger partial charge in [-0.1, -0.05) is 42.5 Å². The van der Waals surface area contributed by atoms with Crippen molar-refractivity contribution in [3.8, 4) is 17.0 Å². The summed E-state index contributed by atoms with van der Waals surface area (Å²) < 4.78 is 31.1. The van der Waals surface area contributed by atoms with Crippen molar-refractivity contribution >= 4 is 26.6 Å². The number of aromatic nitrogens is 1. The van der Waals surface area contributed by atoms with Crippen LogP contribution in [-0.2, 0) is 10.0 Å². The molecule has 0 spiro atoms. The normalized spacial score (nSPS) is 12.6. The maximum Gasteiger partial charge on any atom is 0.229 e. The fourth-order valence-corrected chi connectivity index (χ4v) is 4.48. The molecule has 1 heterocycles. The Labute approximate surface area is 199 Å². The lowest BCUT2D eigenvalue weighted by Gasteiger charge is -2.14. The Morgan fingerprint density at radius 2 is 1.82 bits per heavy atom. The van der Waals surface area contributed by atoms with Gasteiger partial charge in [-0.2, -0.15) is 0 Å². The van der Waals surface area contributed by atoms with Crippen LogP contribution in [0.15, 0.2) is 72.8 Å². The van der Waals surface area contributed by atoms with Gasteiger partial charge in [0.05, 0.1) is 12.4 Å². The van der Waals surface area contributed by atoms with E-state index < -0.39 is 16.1 Å². The van der Waals surface area contributed by atoms with E-state index in [9.17, 15) is 13.5 Å². The minimum Gasteiger partial charge on any atom is -0.492 e. The zero-order chi connectivity index (χ0) is 24.1. The Kier molecular flexibility index (Phi) is 7.21. The molecule has 7 nitrogen and oxygen atoms in total. The highest BCUT2D eigenvalue weighted by Gasteiger charge is 2.11. The summed E-state index contributed by atoms with van der Waals surface area (Å²) in [6, 6.07) is 23.0. The summed E-state index contributed by atoms with van der Waals surface area (Å²) in [5, 5.41) is 14.8. The largest absolute Gasteiger partial charge is 0.492 e.